The minimum absolute atomic E-state index is 0.0917. The van der Waals surface area contributed by atoms with Crippen molar-refractivity contribution in [1.82, 2.24) is 0 Å². The molecule has 0 amide bonds. The summed E-state index contributed by atoms with van der Waals surface area (Å²) in [6, 6.07) is 7.16. The van der Waals surface area contributed by atoms with Crippen LogP contribution in [0.4, 0.5) is 0 Å². The highest BCUT2D eigenvalue weighted by Gasteiger charge is 2.21. The Labute approximate surface area is 109 Å². The van der Waals surface area contributed by atoms with Gasteiger partial charge in [-0.3, -0.25) is 4.79 Å². The Kier molecular flexibility index (Phi) is 4.77. The fourth-order valence-corrected chi connectivity index (χ4v) is 1.35. The van der Waals surface area contributed by atoms with E-state index in [1.54, 1.807) is 6.07 Å². The van der Waals surface area contributed by atoms with Crippen LogP contribution < -0.4 is 0 Å². The highest BCUT2D eigenvalue weighted by atomic mass is 16.5. The first kappa shape index (κ1) is 14.4. The van der Waals surface area contributed by atoms with E-state index in [2.05, 4.69) is 0 Å². The van der Waals surface area contributed by atoms with Crippen molar-refractivity contribution >= 4 is 17.5 Å². The van der Waals surface area contributed by atoms with E-state index in [9.17, 15) is 14.7 Å². The monoisotopic (exact) mass is 260 g/mol. The number of nitriles is 1. The summed E-state index contributed by atoms with van der Waals surface area (Å²) in [4.78, 5) is 23.1. The Morgan fingerprint density at radius 2 is 2.21 bits per heavy atom. The molecule has 98 valence electrons. The van der Waals surface area contributed by atoms with Crippen LogP contribution in [0, 0.1) is 22.7 Å². The Morgan fingerprint density at radius 1 is 1.53 bits per heavy atom. The summed E-state index contributed by atoms with van der Waals surface area (Å²) in [6.07, 6.45) is 0. The van der Waals surface area contributed by atoms with Crippen LogP contribution in [0.2, 0.25) is 0 Å². The number of Topliss-reactive ketones (excluding diaryl/α,β-unsaturated/α-hetero) is 1. The molecule has 0 aliphatic carbocycles. The van der Waals surface area contributed by atoms with Gasteiger partial charge in [-0.2, -0.15) is 5.26 Å². The number of nitrogens with one attached hydrogen (secondary N) is 1. The van der Waals surface area contributed by atoms with Gasteiger partial charge >= 0.3 is 5.97 Å². The fraction of sp³-hybridized carbons (Fsp3) is 0.231. The third-order valence-corrected chi connectivity index (χ3v) is 2.31. The Hall–Kier alpha value is -2.68. The molecule has 0 fully saturated rings. The van der Waals surface area contributed by atoms with Gasteiger partial charge in [-0.1, -0.05) is 6.07 Å². The van der Waals surface area contributed by atoms with Crippen LogP contribution in [0.15, 0.2) is 24.3 Å². The molecule has 1 aromatic carbocycles. The molecule has 6 heteroatoms. The van der Waals surface area contributed by atoms with Crippen molar-refractivity contribution in [3.05, 3.63) is 29.8 Å². The predicted molar refractivity (Wildman–Crippen MR) is 65.9 cm³/mol. The second-order valence-electron chi connectivity index (χ2n) is 3.84. The number of carbonyl (C=O) groups excluding carboxylic acids is 2. The molecule has 0 aliphatic rings. The molecule has 19 heavy (non-hydrogen) atoms. The van der Waals surface area contributed by atoms with Gasteiger partial charge in [-0.25, -0.2) is 4.79 Å². The van der Waals surface area contributed by atoms with Crippen molar-refractivity contribution in [2.24, 2.45) is 5.92 Å². The van der Waals surface area contributed by atoms with Gasteiger partial charge in [-0.05, 0) is 25.1 Å². The summed E-state index contributed by atoms with van der Waals surface area (Å²) in [5.41, 5.74) is 0.00814. The van der Waals surface area contributed by atoms with Crippen LogP contribution in [0.25, 0.3) is 0 Å². The zero-order chi connectivity index (χ0) is 14.4. The van der Waals surface area contributed by atoms with Gasteiger partial charge < -0.3 is 15.3 Å². The minimum atomic E-state index is -1.20. The number of phenolic OH excluding ortho intramolecular Hbond substituents is 1. The lowest BCUT2D eigenvalue weighted by Crippen LogP contribution is -2.25. The van der Waals surface area contributed by atoms with Crippen molar-refractivity contribution in [3.63, 3.8) is 0 Å². The number of carbonyl (C=O) groups is 2. The quantitative estimate of drug-likeness (QED) is 0.612. The molecule has 2 N–H and O–H groups in total. The summed E-state index contributed by atoms with van der Waals surface area (Å²) >= 11 is 0. The molecule has 0 radical (unpaired) electrons. The van der Waals surface area contributed by atoms with Crippen molar-refractivity contribution in [2.45, 2.75) is 6.92 Å². The fourth-order valence-electron chi connectivity index (χ4n) is 1.35. The minimum Gasteiger partial charge on any atom is -0.508 e. The maximum Gasteiger partial charge on any atom is 0.338 e. The van der Waals surface area contributed by atoms with Gasteiger partial charge in [0.15, 0.2) is 12.4 Å². The summed E-state index contributed by atoms with van der Waals surface area (Å²) in [6.45, 7) is 0.756. The lowest BCUT2D eigenvalue weighted by Gasteiger charge is -2.07. The number of ether oxygens (including phenoxy) is 1. The SMILES string of the molecule is CC(=N)C(C#N)C(=O)COC(=O)c1cccc(O)c1. The first-order valence-electron chi connectivity index (χ1n) is 5.39. The topological polar surface area (TPSA) is 111 Å². The average Bonchev–Trinajstić information content (AvgIpc) is 2.36. The van der Waals surface area contributed by atoms with Crippen LogP contribution in [0.3, 0.4) is 0 Å². The lowest BCUT2D eigenvalue weighted by atomic mass is 10.0. The number of hydrogen-bond donors (Lipinski definition) is 2. The molecule has 0 bridgehead atoms. The third-order valence-electron chi connectivity index (χ3n) is 2.31. The van der Waals surface area contributed by atoms with Crippen LogP contribution in [-0.2, 0) is 9.53 Å². The number of rotatable bonds is 5. The van der Waals surface area contributed by atoms with E-state index in [4.69, 9.17) is 15.4 Å². The molecule has 0 saturated carbocycles. The maximum absolute atomic E-state index is 11.6. The molecular formula is C13H12N2O4. The Balaban J connectivity index is 2.63. The number of esters is 1. The molecule has 1 unspecified atom stereocenters. The number of nitrogens with zero attached hydrogens (tertiary/aromatic N) is 1. The van der Waals surface area contributed by atoms with E-state index in [1.165, 1.54) is 31.2 Å². The zero-order valence-electron chi connectivity index (χ0n) is 10.2. The summed E-state index contributed by atoms with van der Waals surface area (Å²) in [5, 5.41) is 25.1. The molecule has 0 spiro atoms. The van der Waals surface area contributed by atoms with Gasteiger partial charge in [0.05, 0.1) is 11.6 Å². The van der Waals surface area contributed by atoms with Crippen molar-refractivity contribution < 1.29 is 19.4 Å². The van der Waals surface area contributed by atoms with Gasteiger partial charge in [-0.15, -0.1) is 0 Å². The molecule has 6 nitrogen and oxygen atoms in total. The van der Waals surface area contributed by atoms with Crippen LogP contribution in [0.5, 0.6) is 5.75 Å². The standard InChI is InChI=1S/C13H12N2O4/c1-8(15)11(6-14)12(17)7-19-13(18)9-3-2-4-10(16)5-9/h2-5,11,15-16H,7H2,1H3. The summed E-state index contributed by atoms with van der Waals surface area (Å²) in [5.74, 6) is -2.71. The van der Waals surface area contributed by atoms with Crippen molar-refractivity contribution in [2.75, 3.05) is 6.61 Å². The van der Waals surface area contributed by atoms with Crippen LogP contribution in [0.1, 0.15) is 17.3 Å². The molecule has 0 aliphatic heterocycles. The number of benzene rings is 1. The maximum atomic E-state index is 11.6. The van der Waals surface area contributed by atoms with Crippen molar-refractivity contribution in [1.29, 1.82) is 10.7 Å². The van der Waals surface area contributed by atoms with Crippen molar-refractivity contribution in [3.8, 4) is 11.8 Å². The molecule has 0 saturated heterocycles. The van der Waals surface area contributed by atoms with Crippen LogP contribution in [-0.4, -0.2) is 29.2 Å². The number of aromatic hydroxyl groups is 1. The number of ketones is 1. The smallest absolute Gasteiger partial charge is 0.338 e. The summed E-state index contributed by atoms with van der Waals surface area (Å²) < 4.78 is 4.73. The molecule has 1 aromatic rings. The van der Waals surface area contributed by atoms with E-state index in [0.717, 1.165) is 0 Å². The second-order valence-corrected chi connectivity index (χ2v) is 3.84. The van der Waals surface area contributed by atoms with E-state index < -0.39 is 24.3 Å². The lowest BCUT2D eigenvalue weighted by molar-refractivity contribution is -0.122. The highest BCUT2D eigenvalue weighted by Crippen LogP contribution is 2.12. The second kappa shape index (κ2) is 6.31. The van der Waals surface area contributed by atoms with Gasteiger partial charge in [0.2, 0.25) is 0 Å². The number of phenols is 1. The first-order chi connectivity index (χ1) is 8.95. The summed E-state index contributed by atoms with van der Waals surface area (Å²) in [7, 11) is 0. The van der Waals surface area contributed by atoms with E-state index in [-0.39, 0.29) is 17.0 Å². The van der Waals surface area contributed by atoms with E-state index in [0.29, 0.717) is 0 Å². The largest absolute Gasteiger partial charge is 0.508 e. The van der Waals surface area contributed by atoms with Gasteiger partial charge in [0.1, 0.15) is 11.7 Å². The molecular weight excluding hydrogens is 248 g/mol. The van der Waals surface area contributed by atoms with E-state index in [1.807, 2.05) is 0 Å². The zero-order valence-corrected chi connectivity index (χ0v) is 10.2. The number of hydrogen-bond acceptors (Lipinski definition) is 6. The van der Waals surface area contributed by atoms with Gasteiger partial charge in [0.25, 0.3) is 0 Å². The average molecular weight is 260 g/mol. The molecule has 1 atom stereocenters. The molecule has 0 aromatic heterocycles. The van der Waals surface area contributed by atoms with E-state index >= 15 is 0 Å². The first-order valence-corrected chi connectivity index (χ1v) is 5.39. The highest BCUT2D eigenvalue weighted by molar-refractivity contribution is 6.06. The van der Waals surface area contributed by atoms with Gasteiger partial charge in [0, 0.05) is 5.71 Å². The Morgan fingerprint density at radius 3 is 2.74 bits per heavy atom. The normalized spacial score (nSPS) is 11.2. The Bertz CT molecular complexity index is 560. The molecule has 0 heterocycles. The molecule has 1 rings (SSSR count). The van der Waals surface area contributed by atoms with Crippen LogP contribution >= 0.6 is 0 Å². The predicted octanol–water partition coefficient (Wildman–Crippen LogP) is 1.30. The third kappa shape index (κ3) is 3.92.